The lowest BCUT2D eigenvalue weighted by molar-refractivity contribution is 0.404. The smallest absolute Gasteiger partial charge is 0.265 e. The highest BCUT2D eigenvalue weighted by atomic mass is 16.5. The molecule has 0 saturated carbocycles. The zero-order valence-electron chi connectivity index (χ0n) is 15.9. The van der Waals surface area contributed by atoms with Crippen LogP contribution in [0.1, 0.15) is 11.1 Å². The molecule has 5 heteroatoms. The Balaban J connectivity index is 1.91. The van der Waals surface area contributed by atoms with Crippen LogP contribution in [-0.4, -0.2) is 23.0 Å². The van der Waals surface area contributed by atoms with Crippen LogP contribution < -0.4 is 10.3 Å². The number of aliphatic imine (C=N–C) groups is 1. The van der Waals surface area contributed by atoms with Gasteiger partial charge in [0, 0.05) is 17.0 Å². The molecule has 1 aromatic heterocycles. The molecule has 5 nitrogen and oxygen atoms in total. The van der Waals surface area contributed by atoms with Crippen molar-refractivity contribution < 1.29 is 9.84 Å². The van der Waals surface area contributed by atoms with Crippen molar-refractivity contribution in [3.05, 3.63) is 100 Å². The molecule has 0 atom stereocenters. The first-order valence-electron chi connectivity index (χ1n) is 9.24. The zero-order chi connectivity index (χ0) is 20.2. The Morgan fingerprint density at radius 3 is 2.34 bits per heavy atom. The molecule has 4 aromatic rings. The molecule has 1 N–H and O–H groups in total. The molecule has 0 bridgehead atoms. The van der Waals surface area contributed by atoms with Gasteiger partial charge in [-0.2, -0.15) is 0 Å². The highest BCUT2D eigenvalue weighted by Gasteiger charge is 2.18. The van der Waals surface area contributed by atoms with Crippen molar-refractivity contribution in [2.24, 2.45) is 4.99 Å². The van der Waals surface area contributed by atoms with E-state index in [0.717, 1.165) is 5.56 Å². The second-order valence-electron chi connectivity index (χ2n) is 6.55. The SMILES string of the molecule is COc1ccccc1-n1c(O)c(C=NCc2ccccc2)c2ccccc2c1=O. The minimum atomic E-state index is -0.317. The lowest BCUT2D eigenvalue weighted by atomic mass is 10.1. The first-order valence-corrected chi connectivity index (χ1v) is 9.24. The standard InChI is InChI=1S/C24H20N2O3/c1-29-22-14-8-7-13-21(22)26-23(27)19-12-6-5-11-18(19)20(24(26)28)16-25-15-17-9-3-2-4-10-17/h2-14,16,28H,15H2,1H3. The molecular weight excluding hydrogens is 364 g/mol. The second-order valence-corrected chi connectivity index (χ2v) is 6.55. The first-order chi connectivity index (χ1) is 14.2. The average molecular weight is 384 g/mol. The van der Waals surface area contributed by atoms with E-state index in [1.807, 2.05) is 48.5 Å². The molecule has 0 aliphatic rings. The van der Waals surface area contributed by atoms with Gasteiger partial charge in [-0.15, -0.1) is 0 Å². The molecule has 0 spiro atoms. The largest absolute Gasteiger partial charge is 0.495 e. The zero-order valence-corrected chi connectivity index (χ0v) is 15.9. The molecule has 29 heavy (non-hydrogen) atoms. The van der Waals surface area contributed by atoms with E-state index in [1.54, 1.807) is 36.5 Å². The highest BCUT2D eigenvalue weighted by molar-refractivity contribution is 6.01. The molecule has 0 saturated heterocycles. The van der Waals surface area contributed by atoms with Crippen LogP contribution in [0.5, 0.6) is 11.6 Å². The van der Waals surface area contributed by atoms with Gasteiger partial charge >= 0.3 is 0 Å². The lowest BCUT2D eigenvalue weighted by Gasteiger charge is -2.16. The Bertz CT molecular complexity index is 1240. The second kappa shape index (κ2) is 8.02. The Morgan fingerprint density at radius 1 is 0.931 bits per heavy atom. The van der Waals surface area contributed by atoms with Crippen molar-refractivity contribution in [2.45, 2.75) is 6.54 Å². The van der Waals surface area contributed by atoms with Crippen LogP contribution in [-0.2, 0) is 6.54 Å². The van der Waals surface area contributed by atoms with E-state index in [1.165, 1.54) is 11.7 Å². The topological polar surface area (TPSA) is 63.8 Å². The van der Waals surface area contributed by atoms with Gasteiger partial charge in [0.15, 0.2) is 0 Å². The van der Waals surface area contributed by atoms with Gasteiger partial charge in [-0.25, -0.2) is 4.57 Å². The maximum absolute atomic E-state index is 13.2. The lowest BCUT2D eigenvalue weighted by Crippen LogP contribution is -2.20. The molecule has 0 amide bonds. The number of benzene rings is 3. The van der Waals surface area contributed by atoms with E-state index in [9.17, 15) is 9.90 Å². The number of pyridine rings is 1. The predicted octanol–water partition coefficient (Wildman–Crippen LogP) is 4.32. The summed E-state index contributed by atoms with van der Waals surface area (Å²) in [4.78, 5) is 17.7. The summed E-state index contributed by atoms with van der Waals surface area (Å²) in [5.41, 5.74) is 1.71. The Morgan fingerprint density at radius 2 is 1.59 bits per heavy atom. The summed E-state index contributed by atoms with van der Waals surface area (Å²) in [6, 6.07) is 24.1. The number of aromatic nitrogens is 1. The maximum atomic E-state index is 13.2. The number of rotatable bonds is 5. The molecular formula is C24H20N2O3. The summed E-state index contributed by atoms with van der Waals surface area (Å²) in [5.74, 6) is 0.322. The van der Waals surface area contributed by atoms with Gasteiger partial charge in [0.1, 0.15) is 5.75 Å². The van der Waals surface area contributed by atoms with E-state index < -0.39 is 0 Å². The molecule has 144 valence electrons. The van der Waals surface area contributed by atoms with Gasteiger partial charge in [-0.3, -0.25) is 9.79 Å². The fourth-order valence-corrected chi connectivity index (χ4v) is 3.35. The van der Waals surface area contributed by atoms with Gasteiger partial charge in [0.2, 0.25) is 5.88 Å². The summed E-state index contributed by atoms with van der Waals surface area (Å²) in [6.07, 6.45) is 1.62. The summed E-state index contributed by atoms with van der Waals surface area (Å²) in [7, 11) is 1.53. The first kappa shape index (κ1) is 18.5. The maximum Gasteiger partial charge on any atom is 0.265 e. The number of methoxy groups -OCH3 is 1. The number of nitrogens with zero attached hydrogens (tertiary/aromatic N) is 2. The van der Waals surface area contributed by atoms with Crippen LogP contribution in [0.15, 0.2) is 88.6 Å². The Kier molecular flexibility index (Phi) is 5.12. The summed E-state index contributed by atoms with van der Waals surface area (Å²) in [5, 5.41) is 12.2. The minimum absolute atomic E-state index is 0.171. The fraction of sp³-hybridized carbons (Fsp3) is 0.0833. The monoisotopic (exact) mass is 384 g/mol. The third kappa shape index (κ3) is 3.50. The van der Waals surface area contributed by atoms with E-state index in [-0.39, 0.29) is 11.4 Å². The van der Waals surface area contributed by atoms with Crippen LogP contribution in [0, 0.1) is 0 Å². The molecule has 0 unspecified atom stereocenters. The molecule has 1 heterocycles. The van der Waals surface area contributed by atoms with Crippen molar-refractivity contribution >= 4 is 17.0 Å². The van der Waals surface area contributed by atoms with Crippen LogP contribution in [0.3, 0.4) is 0 Å². The molecule has 3 aromatic carbocycles. The Hall–Kier alpha value is -3.86. The van der Waals surface area contributed by atoms with Crippen molar-refractivity contribution in [3.63, 3.8) is 0 Å². The van der Waals surface area contributed by atoms with Crippen LogP contribution in [0.25, 0.3) is 16.5 Å². The summed E-state index contributed by atoms with van der Waals surface area (Å²) >= 11 is 0. The van der Waals surface area contributed by atoms with Gasteiger partial charge in [0.25, 0.3) is 5.56 Å². The number of para-hydroxylation sites is 2. The highest BCUT2D eigenvalue weighted by Crippen LogP contribution is 2.29. The Labute approximate surface area is 168 Å². The minimum Gasteiger partial charge on any atom is -0.495 e. The number of aromatic hydroxyl groups is 1. The summed E-state index contributed by atoms with van der Waals surface area (Å²) < 4.78 is 6.67. The molecule has 0 aliphatic carbocycles. The van der Waals surface area contributed by atoms with E-state index in [2.05, 4.69) is 4.99 Å². The van der Waals surface area contributed by atoms with Crippen LogP contribution >= 0.6 is 0 Å². The van der Waals surface area contributed by atoms with Crippen LogP contribution in [0.2, 0.25) is 0 Å². The quantitative estimate of drug-likeness (QED) is 0.521. The van der Waals surface area contributed by atoms with Gasteiger partial charge in [-0.1, -0.05) is 60.7 Å². The van der Waals surface area contributed by atoms with Crippen molar-refractivity contribution in [1.29, 1.82) is 0 Å². The molecule has 0 radical (unpaired) electrons. The molecule has 0 fully saturated rings. The molecule has 0 aliphatic heterocycles. The van der Waals surface area contributed by atoms with Crippen LogP contribution in [0.4, 0.5) is 0 Å². The average Bonchev–Trinajstić information content (AvgIpc) is 2.77. The van der Waals surface area contributed by atoms with Gasteiger partial charge in [0.05, 0.1) is 24.9 Å². The van der Waals surface area contributed by atoms with E-state index >= 15 is 0 Å². The van der Waals surface area contributed by atoms with Crippen molar-refractivity contribution in [1.82, 2.24) is 4.57 Å². The van der Waals surface area contributed by atoms with Gasteiger partial charge < -0.3 is 9.84 Å². The number of hydrogen-bond donors (Lipinski definition) is 1. The number of hydrogen-bond acceptors (Lipinski definition) is 4. The normalized spacial score (nSPS) is 11.2. The number of fused-ring (bicyclic) bond motifs is 1. The van der Waals surface area contributed by atoms with E-state index in [4.69, 9.17) is 4.74 Å². The van der Waals surface area contributed by atoms with Crippen molar-refractivity contribution in [3.8, 4) is 17.3 Å². The van der Waals surface area contributed by atoms with E-state index in [0.29, 0.717) is 34.3 Å². The number of ether oxygens (including phenoxy) is 1. The molecule has 4 rings (SSSR count). The summed E-state index contributed by atoms with van der Waals surface area (Å²) in [6.45, 7) is 0.475. The third-order valence-corrected chi connectivity index (χ3v) is 4.77. The predicted molar refractivity (Wildman–Crippen MR) is 116 cm³/mol. The fourth-order valence-electron chi connectivity index (χ4n) is 3.35. The van der Waals surface area contributed by atoms with Crippen molar-refractivity contribution in [2.75, 3.05) is 7.11 Å². The third-order valence-electron chi connectivity index (χ3n) is 4.77. The van der Waals surface area contributed by atoms with Gasteiger partial charge in [-0.05, 0) is 23.8 Å².